The van der Waals surface area contributed by atoms with Crippen LogP contribution in [-0.2, 0) is 0 Å². The van der Waals surface area contributed by atoms with Gasteiger partial charge >= 0.3 is 5.69 Å². The van der Waals surface area contributed by atoms with E-state index in [0.717, 1.165) is 0 Å². The van der Waals surface area contributed by atoms with Crippen LogP contribution < -0.4 is 11.0 Å². The number of benzene rings is 2. The lowest BCUT2D eigenvalue weighted by atomic mass is 10.2. The number of halogens is 2. The Labute approximate surface area is 128 Å². The molecule has 0 saturated carbocycles. The van der Waals surface area contributed by atoms with Crippen LogP contribution in [0, 0.1) is 0 Å². The van der Waals surface area contributed by atoms with Crippen LogP contribution in [0.25, 0.3) is 11.0 Å². The van der Waals surface area contributed by atoms with Gasteiger partial charge in [-0.25, -0.2) is 4.79 Å². The summed E-state index contributed by atoms with van der Waals surface area (Å²) >= 11 is 11.8. The minimum atomic E-state index is -0.322. The number of carbonyl (C=O) groups is 1. The van der Waals surface area contributed by atoms with Crippen LogP contribution in [0.5, 0.6) is 0 Å². The third-order valence-corrected chi connectivity index (χ3v) is 3.34. The van der Waals surface area contributed by atoms with Crippen molar-refractivity contribution in [2.45, 2.75) is 0 Å². The predicted molar refractivity (Wildman–Crippen MR) is 83.3 cm³/mol. The molecular weight excluding hydrogens is 313 g/mol. The van der Waals surface area contributed by atoms with Gasteiger partial charge in [-0.05, 0) is 36.4 Å². The van der Waals surface area contributed by atoms with Gasteiger partial charge in [0.15, 0.2) is 0 Å². The zero-order valence-electron chi connectivity index (χ0n) is 10.5. The van der Waals surface area contributed by atoms with Gasteiger partial charge in [0, 0.05) is 21.3 Å². The largest absolute Gasteiger partial charge is 0.323 e. The smallest absolute Gasteiger partial charge is 0.322 e. The van der Waals surface area contributed by atoms with Crippen LogP contribution >= 0.6 is 23.2 Å². The van der Waals surface area contributed by atoms with E-state index in [1.165, 1.54) is 0 Å². The summed E-state index contributed by atoms with van der Waals surface area (Å²) in [6.45, 7) is 0. The molecule has 0 spiro atoms. The zero-order valence-corrected chi connectivity index (χ0v) is 12.0. The summed E-state index contributed by atoms with van der Waals surface area (Å²) < 4.78 is 0. The molecule has 21 heavy (non-hydrogen) atoms. The van der Waals surface area contributed by atoms with Crippen molar-refractivity contribution in [3.8, 4) is 0 Å². The number of rotatable bonds is 2. The number of amides is 1. The molecule has 1 aromatic heterocycles. The van der Waals surface area contributed by atoms with E-state index in [1.807, 2.05) is 0 Å². The van der Waals surface area contributed by atoms with E-state index in [0.29, 0.717) is 32.3 Å². The van der Waals surface area contributed by atoms with Gasteiger partial charge in [0.05, 0.1) is 11.0 Å². The van der Waals surface area contributed by atoms with Crippen LogP contribution in [0.2, 0.25) is 10.0 Å². The maximum Gasteiger partial charge on any atom is 0.323 e. The average Bonchev–Trinajstić information content (AvgIpc) is 2.76. The highest BCUT2D eigenvalue weighted by atomic mass is 35.5. The molecule has 5 nitrogen and oxygen atoms in total. The molecule has 7 heteroatoms. The Morgan fingerprint density at radius 1 is 0.952 bits per heavy atom. The maximum absolute atomic E-state index is 12.2. The Morgan fingerprint density at radius 2 is 1.62 bits per heavy atom. The number of imidazole rings is 1. The van der Waals surface area contributed by atoms with Gasteiger partial charge in [-0.2, -0.15) is 0 Å². The fourth-order valence-corrected chi connectivity index (χ4v) is 2.53. The van der Waals surface area contributed by atoms with Crippen LogP contribution in [0.15, 0.2) is 41.2 Å². The van der Waals surface area contributed by atoms with Crippen molar-refractivity contribution in [2.75, 3.05) is 5.32 Å². The highest BCUT2D eigenvalue weighted by Crippen LogP contribution is 2.23. The Balaban J connectivity index is 1.90. The maximum atomic E-state index is 12.2. The molecule has 0 unspecified atom stereocenters. The van der Waals surface area contributed by atoms with E-state index < -0.39 is 0 Å². The number of hydrogen-bond acceptors (Lipinski definition) is 2. The van der Waals surface area contributed by atoms with Crippen molar-refractivity contribution in [3.63, 3.8) is 0 Å². The van der Waals surface area contributed by atoms with Gasteiger partial charge in [-0.1, -0.05) is 23.2 Å². The quantitative estimate of drug-likeness (QED) is 0.676. The highest BCUT2D eigenvalue weighted by molar-refractivity contribution is 6.35. The summed E-state index contributed by atoms with van der Waals surface area (Å²) in [5.74, 6) is -0.322. The molecule has 0 atom stereocenters. The number of anilines is 1. The van der Waals surface area contributed by atoms with Gasteiger partial charge in [0.2, 0.25) is 0 Å². The first-order chi connectivity index (χ1) is 10.0. The summed E-state index contributed by atoms with van der Waals surface area (Å²) in [6, 6.07) is 9.65. The standard InChI is InChI=1S/C14H9Cl2N3O2/c15-8-4-9(16)6-10(5-8)17-13(20)7-1-2-11-12(3-7)19-14(21)18-11/h1-6H,(H,17,20)(H2,18,19,21). The van der Waals surface area contributed by atoms with Crippen LogP contribution in [0.1, 0.15) is 10.4 Å². The molecule has 0 bridgehead atoms. The minimum absolute atomic E-state index is 0.316. The van der Waals surface area contributed by atoms with Crippen molar-refractivity contribution in [1.82, 2.24) is 9.97 Å². The minimum Gasteiger partial charge on any atom is -0.322 e. The molecule has 0 aliphatic carbocycles. The first kappa shape index (κ1) is 13.7. The first-order valence-electron chi connectivity index (χ1n) is 6.01. The summed E-state index contributed by atoms with van der Waals surface area (Å²) in [4.78, 5) is 28.6. The predicted octanol–water partition coefficient (Wildman–Crippen LogP) is 3.42. The number of carbonyl (C=O) groups excluding carboxylic acids is 1. The van der Waals surface area contributed by atoms with Gasteiger partial charge in [-0.3, -0.25) is 4.79 Å². The molecule has 1 amide bonds. The highest BCUT2D eigenvalue weighted by Gasteiger charge is 2.09. The fourth-order valence-electron chi connectivity index (χ4n) is 2.00. The lowest BCUT2D eigenvalue weighted by Gasteiger charge is -2.06. The Kier molecular flexibility index (Phi) is 3.45. The van der Waals surface area contributed by atoms with Crippen LogP contribution in [0.4, 0.5) is 5.69 Å². The number of H-pyrrole nitrogens is 2. The van der Waals surface area contributed by atoms with Crippen LogP contribution in [-0.4, -0.2) is 15.9 Å². The molecule has 3 rings (SSSR count). The van der Waals surface area contributed by atoms with Gasteiger partial charge < -0.3 is 15.3 Å². The topological polar surface area (TPSA) is 77.8 Å². The number of hydrogen-bond donors (Lipinski definition) is 3. The molecule has 3 aromatic rings. The Bertz CT molecular complexity index is 878. The number of aromatic amines is 2. The van der Waals surface area contributed by atoms with Crippen LogP contribution in [0.3, 0.4) is 0 Å². The van der Waals surface area contributed by atoms with Gasteiger partial charge in [0.25, 0.3) is 5.91 Å². The molecular formula is C14H9Cl2N3O2. The van der Waals surface area contributed by atoms with Crippen molar-refractivity contribution in [2.24, 2.45) is 0 Å². The molecule has 0 aliphatic rings. The summed E-state index contributed by atoms with van der Waals surface area (Å²) in [7, 11) is 0. The van der Waals surface area contributed by atoms with Gasteiger partial charge in [-0.15, -0.1) is 0 Å². The average molecular weight is 322 g/mol. The van der Waals surface area contributed by atoms with Gasteiger partial charge in [0.1, 0.15) is 0 Å². The second-order valence-electron chi connectivity index (χ2n) is 4.45. The van der Waals surface area contributed by atoms with E-state index in [1.54, 1.807) is 36.4 Å². The first-order valence-corrected chi connectivity index (χ1v) is 6.76. The summed E-state index contributed by atoms with van der Waals surface area (Å²) in [6.07, 6.45) is 0. The third kappa shape index (κ3) is 2.94. The molecule has 2 aromatic carbocycles. The molecule has 3 N–H and O–H groups in total. The van der Waals surface area contributed by atoms with Crippen molar-refractivity contribution in [3.05, 3.63) is 62.5 Å². The lowest BCUT2D eigenvalue weighted by Crippen LogP contribution is -2.11. The second-order valence-corrected chi connectivity index (χ2v) is 5.32. The monoisotopic (exact) mass is 321 g/mol. The van der Waals surface area contributed by atoms with Crippen molar-refractivity contribution in [1.29, 1.82) is 0 Å². The SMILES string of the molecule is O=C(Nc1cc(Cl)cc(Cl)c1)c1ccc2[nH]c(=O)[nH]c2c1. The molecule has 0 radical (unpaired) electrons. The summed E-state index contributed by atoms with van der Waals surface area (Å²) in [5.41, 5.74) is 1.80. The summed E-state index contributed by atoms with van der Waals surface area (Å²) in [5, 5.41) is 3.57. The van der Waals surface area contributed by atoms with E-state index >= 15 is 0 Å². The number of fused-ring (bicyclic) bond motifs is 1. The van der Waals surface area contributed by atoms with Crippen molar-refractivity contribution < 1.29 is 4.79 Å². The molecule has 106 valence electrons. The molecule has 1 heterocycles. The molecule has 0 saturated heterocycles. The second kappa shape index (κ2) is 5.27. The Hall–Kier alpha value is -2.24. The molecule has 0 fully saturated rings. The zero-order chi connectivity index (χ0) is 15.0. The van der Waals surface area contributed by atoms with E-state index in [-0.39, 0.29) is 11.6 Å². The fraction of sp³-hybridized carbons (Fsp3) is 0. The van der Waals surface area contributed by atoms with E-state index in [9.17, 15) is 9.59 Å². The molecule has 0 aliphatic heterocycles. The van der Waals surface area contributed by atoms with E-state index in [2.05, 4.69) is 15.3 Å². The number of aromatic nitrogens is 2. The lowest BCUT2D eigenvalue weighted by molar-refractivity contribution is 0.102. The van der Waals surface area contributed by atoms with Crippen molar-refractivity contribution >= 4 is 45.8 Å². The third-order valence-electron chi connectivity index (χ3n) is 2.90. The number of nitrogens with one attached hydrogen (secondary N) is 3. The van der Waals surface area contributed by atoms with E-state index in [4.69, 9.17) is 23.2 Å². The normalized spacial score (nSPS) is 10.8. The Morgan fingerprint density at radius 3 is 2.33 bits per heavy atom.